The van der Waals surface area contributed by atoms with Gasteiger partial charge in [0.25, 0.3) is 5.91 Å². The Balaban J connectivity index is 0.00000132. The summed E-state index contributed by atoms with van der Waals surface area (Å²) in [6.45, 7) is 0.552. The van der Waals surface area contributed by atoms with Gasteiger partial charge in [-0.2, -0.15) is 0 Å². The highest BCUT2D eigenvalue weighted by molar-refractivity contribution is 5.97. The third-order valence-corrected chi connectivity index (χ3v) is 4.32. The Hall–Kier alpha value is -1.36. The maximum Gasteiger partial charge on any atom is 0.251 e. The van der Waals surface area contributed by atoms with Crippen LogP contribution in [-0.4, -0.2) is 23.0 Å². The van der Waals surface area contributed by atoms with Gasteiger partial charge in [0.1, 0.15) is 0 Å². The van der Waals surface area contributed by atoms with Crippen molar-refractivity contribution in [2.75, 3.05) is 6.54 Å². The van der Waals surface area contributed by atoms with Crippen LogP contribution in [0.3, 0.4) is 0 Å². The summed E-state index contributed by atoms with van der Waals surface area (Å²) in [5.74, 6) is -0.0591. The zero-order valence-electron chi connectivity index (χ0n) is 13.0. The minimum Gasteiger partial charge on any atom is -0.350 e. The number of carbonyl (C=O) groups is 1. The molecule has 1 saturated carbocycles. The number of hydrogen-bond acceptors (Lipinski definition) is 3. The van der Waals surface area contributed by atoms with E-state index < -0.39 is 0 Å². The predicted molar refractivity (Wildman–Crippen MR) is 98.6 cm³/mol. The summed E-state index contributed by atoms with van der Waals surface area (Å²) in [4.78, 5) is 16.5. The lowest BCUT2D eigenvalue weighted by molar-refractivity contribution is 0.0938. The zero-order chi connectivity index (χ0) is 14.7. The standard InChI is InChI=1S/C17H21N3O.2ClH/c18-17(8-2-1-3-9-17)12-20-16(21)14-6-7-15-13(11-14)5-4-10-19-15;;/h4-7,10-11H,1-3,8-9,12,18H2,(H,20,21);2*1H. The van der Waals surface area contributed by atoms with Crippen LogP contribution in [0.4, 0.5) is 0 Å². The Morgan fingerprint density at radius 2 is 1.91 bits per heavy atom. The van der Waals surface area contributed by atoms with Crippen molar-refractivity contribution in [3.63, 3.8) is 0 Å². The highest BCUT2D eigenvalue weighted by Crippen LogP contribution is 2.25. The van der Waals surface area contributed by atoms with Gasteiger partial charge < -0.3 is 11.1 Å². The molecule has 0 radical (unpaired) electrons. The molecule has 0 bridgehead atoms. The van der Waals surface area contributed by atoms with Crippen LogP contribution in [0.2, 0.25) is 0 Å². The van der Waals surface area contributed by atoms with Gasteiger partial charge in [-0.3, -0.25) is 9.78 Å². The zero-order valence-corrected chi connectivity index (χ0v) is 14.6. The van der Waals surface area contributed by atoms with E-state index in [1.165, 1.54) is 6.42 Å². The monoisotopic (exact) mass is 355 g/mol. The molecule has 1 amide bonds. The number of benzene rings is 1. The van der Waals surface area contributed by atoms with E-state index in [1.54, 1.807) is 6.20 Å². The fraction of sp³-hybridized carbons (Fsp3) is 0.412. The number of rotatable bonds is 3. The average Bonchev–Trinajstić information content (AvgIpc) is 2.53. The van der Waals surface area contributed by atoms with Gasteiger partial charge >= 0.3 is 0 Å². The van der Waals surface area contributed by atoms with E-state index >= 15 is 0 Å². The highest BCUT2D eigenvalue weighted by Gasteiger charge is 2.27. The maximum atomic E-state index is 12.3. The van der Waals surface area contributed by atoms with Crippen LogP contribution >= 0.6 is 24.8 Å². The van der Waals surface area contributed by atoms with Gasteiger partial charge in [-0.1, -0.05) is 25.3 Å². The highest BCUT2D eigenvalue weighted by atomic mass is 35.5. The summed E-state index contributed by atoms with van der Waals surface area (Å²) in [6.07, 6.45) is 7.32. The molecule has 23 heavy (non-hydrogen) atoms. The molecule has 0 aliphatic heterocycles. The van der Waals surface area contributed by atoms with E-state index in [4.69, 9.17) is 5.73 Å². The van der Waals surface area contributed by atoms with Crippen molar-refractivity contribution in [1.29, 1.82) is 0 Å². The topological polar surface area (TPSA) is 68.0 Å². The molecule has 126 valence electrons. The first-order valence-electron chi connectivity index (χ1n) is 7.58. The first-order chi connectivity index (χ1) is 10.2. The van der Waals surface area contributed by atoms with Crippen molar-refractivity contribution in [3.8, 4) is 0 Å². The van der Waals surface area contributed by atoms with E-state index in [0.717, 1.165) is 36.6 Å². The fourth-order valence-electron chi connectivity index (χ4n) is 3.01. The first-order valence-corrected chi connectivity index (χ1v) is 7.58. The van der Waals surface area contributed by atoms with Crippen molar-refractivity contribution in [3.05, 3.63) is 42.1 Å². The van der Waals surface area contributed by atoms with Crippen LogP contribution in [0, 0.1) is 0 Å². The van der Waals surface area contributed by atoms with Crippen molar-refractivity contribution < 1.29 is 4.79 Å². The normalized spacial score (nSPS) is 16.0. The van der Waals surface area contributed by atoms with Crippen molar-refractivity contribution in [1.82, 2.24) is 10.3 Å². The van der Waals surface area contributed by atoms with Crippen LogP contribution in [-0.2, 0) is 0 Å². The van der Waals surface area contributed by atoms with Gasteiger partial charge in [0.15, 0.2) is 0 Å². The van der Waals surface area contributed by atoms with Crippen molar-refractivity contribution in [2.24, 2.45) is 5.73 Å². The number of hydrogen-bond donors (Lipinski definition) is 2. The summed E-state index contributed by atoms with van der Waals surface area (Å²) in [5.41, 5.74) is 7.68. The second kappa shape index (κ2) is 8.48. The fourth-order valence-corrected chi connectivity index (χ4v) is 3.01. The molecule has 0 unspecified atom stereocenters. The molecular formula is C17H23Cl2N3O. The SMILES string of the molecule is Cl.Cl.NC1(CNC(=O)c2ccc3ncccc3c2)CCCCC1. The number of fused-ring (bicyclic) bond motifs is 1. The molecule has 1 aliphatic carbocycles. The molecule has 0 atom stereocenters. The molecule has 1 aromatic carbocycles. The smallest absolute Gasteiger partial charge is 0.251 e. The van der Waals surface area contributed by atoms with Gasteiger partial charge in [0.05, 0.1) is 5.52 Å². The Morgan fingerprint density at radius 3 is 2.65 bits per heavy atom. The van der Waals surface area contributed by atoms with Gasteiger partial charge in [-0.25, -0.2) is 0 Å². The third kappa shape index (κ3) is 4.80. The Labute approximate surface area is 149 Å². The molecule has 1 fully saturated rings. The minimum absolute atomic E-state index is 0. The van der Waals surface area contributed by atoms with Crippen LogP contribution < -0.4 is 11.1 Å². The number of halogens is 2. The second-order valence-electron chi connectivity index (χ2n) is 6.02. The Morgan fingerprint density at radius 1 is 1.17 bits per heavy atom. The van der Waals surface area contributed by atoms with Crippen LogP contribution in [0.5, 0.6) is 0 Å². The van der Waals surface area contributed by atoms with E-state index in [9.17, 15) is 4.79 Å². The molecule has 2 aromatic rings. The Bertz CT molecular complexity index is 657. The largest absolute Gasteiger partial charge is 0.350 e. The van der Waals surface area contributed by atoms with Crippen molar-refractivity contribution in [2.45, 2.75) is 37.6 Å². The van der Waals surface area contributed by atoms with Gasteiger partial charge in [0.2, 0.25) is 0 Å². The molecule has 1 aliphatic rings. The molecule has 1 aromatic heterocycles. The van der Waals surface area contributed by atoms with Gasteiger partial charge in [-0.05, 0) is 37.1 Å². The van der Waals surface area contributed by atoms with Crippen LogP contribution in [0.25, 0.3) is 10.9 Å². The van der Waals surface area contributed by atoms with Gasteiger partial charge in [-0.15, -0.1) is 24.8 Å². The number of nitrogens with two attached hydrogens (primary N) is 1. The lowest BCUT2D eigenvalue weighted by atomic mass is 9.82. The summed E-state index contributed by atoms with van der Waals surface area (Å²) in [6, 6.07) is 9.41. The predicted octanol–water partition coefficient (Wildman–Crippen LogP) is 3.47. The van der Waals surface area contributed by atoms with Crippen LogP contribution in [0.15, 0.2) is 36.5 Å². The minimum atomic E-state index is -0.230. The lowest BCUT2D eigenvalue weighted by Crippen LogP contribution is -2.51. The summed E-state index contributed by atoms with van der Waals surface area (Å²) < 4.78 is 0. The lowest BCUT2D eigenvalue weighted by Gasteiger charge is -2.33. The van der Waals surface area contributed by atoms with E-state index in [0.29, 0.717) is 12.1 Å². The second-order valence-corrected chi connectivity index (χ2v) is 6.02. The first kappa shape index (κ1) is 19.7. The number of aromatic nitrogens is 1. The number of nitrogens with zero attached hydrogens (tertiary/aromatic N) is 1. The van der Waals surface area contributed by atoms with E-state index in [1.807, 2.05) is 30.3 Å². The van der Waals surface area contributed by atoms with E-state index in [2.05, 4.69) is 10.3 Å². The molecule has 0 saturated heterocycles. The Kier molecular flexibility index (Phi) is 7.26. The summed E-state index contributed by atoms with van der Waals surface area (Å²) in [5, 5.41) is 3.97. The molecular weight excluding hydrogens is 333 g/mol. The molecule has 6 heteroatoms. The number of pyridine rings is 1. The molecule has 4 nitrogen and oxygen atoms in total. The maximum absolute atomic E-state index is 12.3. The number of amides is 1. The third-order valence-electron chi connectivity index (χ3n) is 4.32. The van der Waals surface area contributed by atoms with E-state index in [-0.39, 0.29) is 36.3 Å². The van der Waals surface area contributed by atoms with Crippen LogP contribution in [0.1, 0.15) is 42.5 Å². The summed E-state index contributed by atoms with van der Waals surface area (Å²) >= 11 is 0. The van der Waals surface area contributed by atoms with Gasteiger partial charge in [0, 0.05) is 29.2 Å². The molecule has 3 rings (SSSR count). The quantitative estimate of drug-likeness (QED) is 0.885. The number of nitrogens with one attached hydrogen (secondary N) is 1. The molecule has 3 N–H and O–H groups in total. The average molecular weight is 356 g/mol. The number of carbonyl (C=O) groups excluding carboxylic acids is 1. The summed E-state index contributed by atoms with van der Waals surface area (Å²) in [7, 11) is 0. The molecule has 0 spiro atoms. The van der Waals surface area contributed by atoms with Crippen molar-refractivity contribution >= 4 is 41.6 Å². The molecule has 1 heterocycles.